The van der Waals surface area contributed by atoms with Crippen molar-refractivity contribution < 1.29 is 23.9 Å². The lowest BCUT2D eigenvalue weighted by molar-refractivity contribution is -0.140. The largest absolute Gasteiger partial charge is 0.469 e. The molecule has 2 heterocycles. The molecule has 0 aromatic heterocycles. The molecule has 0 saturated heterocycles. The summed E-state index contributed by atoms with van der Waals surface area (Å²) in [5.74, 6) is -1.38. The average molecular weight is 393 g/mol. The third-order valence-corrected chi connectivity index (χ3v) is 5.08. The van der Waals surface area contributed by atoms with E-state index in [0.717, 1.165) is 0 Å². The summed E-state index contributed by atoms with van der Waals surface area (Å²) in [4.78, 5) is 52.8. The highest BCUT2D eigenvalue weighted by Gasteiger charge is 2.47. The predicted molar refractivity (Wildman–Crippen MR) is 103 cm³/mol. The van der Waals surface area contributed by atoms with Gasteiger partial charge in [-0.25, -0.2) is 0 Å². The Balaban J connectivity index is 1.65. The molecule has 2 aromatic rings. The van der Waals surface area contributed by atoms with E-state index < -0.39 is 18.0 Å². The molecule has 0 aliphatic carbocycles. The van der Waals surface area contributed by atoms with Gasteiger partial charge in [0.2, 0.25) is 5.91 Å². The Hall–Kier alpha value is -3.68. The Morgan fingerprint density at radius 3 is 2.45 bits per heavy atom. The lowest BCUT2D eigenvalue weighted by Crippen LogP contribution is -2.51. The van der Waals surface area contributed by atoms with E-state index in [-0.39, 0.29) is 31.3 Å². The first-order valence-electron chi connectivity index (χ1n) is 9.19. The quantitative estimate of drug-likeness (QED) is 0.777. The molecule has 0 spiro atoms. The topological polar surface area (TPSA) is 96.0 Å². The minimum Gasteiger partial charge on any atom is -0.469 e. The van der Waals surface area contributed by atoms with Gasteiger partial charge in [-0.1, -0.05) is 30.3 Å². The lowest BCUT2D eigenvalue weighted by atomic mass is 10.0. The molecule has 8 heteroatoms. The number of methoxy groups -OCH3 is 1. The number of amides is 3. The number of hydrogen-bond donors (Lipinski definition) is 1. The number of fused-ring (bicyclic) bond motifs is 5. The Morgan fingerprint density at radius 2 is 1.69 bits per heavy atom. The molecule has 4 rings (SSSR count). The summed E-state index contributed by atoms with van der Waals surface area (Å²) < 4.78 is 4.55. The maximum Gasteiger partial charge on any atom is 0.307 e. The van der Waals surface area contributed by atoms with Gasteiger partial charge in [-0.2, -0.15) is 0 Å². The highest BCUT2D eigenvalue weighted by atomic mass is 16.5. The number of carbonyl (C=O) groups is 4. The van der Waals surface area contributed by atoms with Crippen LogP contribution in [-0.4, -0.2) is 48.8 Å². The molecule has 8 nitrogen and oxygen atoms in total. The fourth-order valence-electron chi connectivity index (χ4n) is 3.75. The van der Waals surface area contributed by atoms with E-state index in [2.05, 4.69) is 10.1 Å². The van der Waals surface area contributed by atoms with Gasteiger partial charge in [-0.15, -0.1) is 0 Å². The van der Waals surface area contributed by atoms with Crippen LogP contribution in [0.2, 0.25) is 0 Å². The van der Waals surface area contributed by atoms with Crippen molar-refractivity contribution in [2.75, 3.05) is 25.1 Å². The summed E-state index contributed by atoms with van der Waals surface area (Å²) in [5.41, 5.74) is 2.10. The second-order valence-electron chi connectivity index (χ2n) is 6.76. The number of rotatable bonds is 5. The molecule has 148 valence electrons. The van der Waals surface area contributed by atoms with Crippen molar-refractivity contribution in [3.05, 3.63) is 65.2 Å². The molecule has 2 aliphatic rings. The highest BCUT2D eigenvalue weighted by Crippen LogP contribution is 2.44. The number of esters is 1. The van der Waals surface area contributed by atoms with Gasteiger partial charge in [0.25, 0.3) is 11.8 Å². The van der Waals surface area contributed by atoms with Crippen LogP contribution in [0.25, 0.3) is 0 Å². The molecular weight excluding hydrogens is 374 g/mol. The Bertz CT molecular complexity index is 1020. The average Bonchev–Trinajstić information content (AvgIpc) is 3.04. The maximum atomic E-state index is 13.2. The zero-order valence-electron chi connectivity index (χ0n) is 15.8. The van der Waals surface area contributed by atoms with E-state index in [1.165, 1.54) is 12.0 Å². The minimum atomic E-state index is -0.688. The zero-order chi connectivity index (χ0) is 20.5. The predicted octanol–water partition coefficient (Wildman–Crippen LogP) is 1.48. The molecule has 29 heavy (non-hydrogen) atoms. The number of nitrogens with zero attached hydrogens (tertiary/aromatic N) is 2. The van der Waals surface area contributed by atoms with Gasteiger partial charge in [0.1, 0.15) is 12.7 Å². The summed E-state index contributed by atoms with van der Waals surface area (Å²) in [6.45, 7) is -0.134. The fraction of sp³-hybridized carbons (Fsp3) is 0.238. The van der Waals surface area contributed by atoms with Crippen molar-refractivity contribution in [3.8, 4) is 0 Å². The van der Waals surface area contributed by atoms with Gasteiger partial charge in [-0.3, -0.25) is 24.1 Å². The number of ether oxygens (including phenoxy) is 1. The summed E-state index contributed by atoms with van der Waals surface area (Å²) in [5, 5.41) is 2.62. The highest BCUT2D eigenvalue weighted by molar-refractivity contribution is 6.17. The molecule has 2 aromatic carbocycles. The number of anilines is 1. The number of hydrogen-bond acceptors (Lipinski definition) is 5. The van der Waals surface area contributed by atoms with Gasteiger partial charge in [-0.05, 0) is 18.2 Å². The van der Waals surface area contributed by atoms with E-state index in [0.29, 0.717) is 22.4 Å². The number of para-hydroxylation sites is 1. The molecule has 1 N–H and O–H groups in total. The zero-order valence-corrected chi connectivity index (χ0v) is 15.8. The molecule has 1 atom stereocenters. The van der Waals surface area contributed by atoms with Crippen molar-refractivity contribution >= 4 is 29.4 Å². The van der Waals surface area contributed by atoms with Crippen LogP contribution in [0, 0.1) is 0 Å². The Morgan fingerprint density at radius 1 is 1.00 bits per heavy atom. The van der Waals surface area contributed by atoms with Crippen LogP contribution >= 0.6 is 0 Å². The van der Waals surface area contributed by atoms with Gasteiger partial charge in [0.15, 0.2) is 0 Å². The van der Waals surface area contributed by atoms with E-state index in [4.69, 9.17) is 0 Å². The van der Waals surface area contributed by atoms with Crippen LogP contribution in [0.1, 0.15) is 38.9 Å². The van der Waals surface area contributed by atoms with Crippen LogP contribution in [0.4, 0.5) is 5.69 Å². The molecule has 0 fully saturated rings. The monoisotopic (exact) mass is 393 g/mol. The third kappa shape index (κ3) is 3.12. The van der Waals surface area contributed by atoms with Crippen LogP contribution in [0.5, 0.6) is 0 Å². The first-order chi connectivity index (χ1) is 14.0. The number of carbonyl (C=O) groups excluding carboxylic acids is 4. The van der Waals surface area contributed by atoms with Crippen molar-refractivity contribution in [3.63, 3.8) is 0 Å². The second-order valence-corrected chi connectivity index (χ2v) is 6.76. The van der Waals surface area contributed by atoms with Gasteiger partial charge < -0.3 is 15.0 Å². The van der Waals surface area contributed by atoms with E-state index in [1.54, 1.807) is 53.4 Å². The molecule has 0 bridgehead atoms. The van der Waals surface area contributed by atoms with Gasteiger partial charge >= 0.3 is 5.97 Å². The summed E-state index contributed by atoms with van der Waals surface area (Å²) >= 11 is 0. The second kappa shape index (κ2) is 7.38. The van der Waals surface area contributed by atoms with Crippen LogP contribution in [0.3, 0.4) is 0 Å². The molecule has 0 unspecified atom stereocenters. The molecule has 0 saturated carbocycles. The first kappa shape index (κ1) is 18.7. The van der Waals surface area contributed by atoms with Crippen LogP contribution < -0.4 is 10.2 Å². The minimum absolute atomic E-state index is 0.0376. The molecular formula is C21H19N3O5. The smallest absolute Gasteiger partial charge is 0.307 e. The molecule has 3 amide bonds. The lowest BCUT2D eigenvalue weighted by Gasteiger charge is -2.40. The van der Waals surface area contributed by atoms with Crippen LogP contribution in [0.15, 0.2) is 48.5 Å². The normalized spacial score (nSPS) is 16.8. The number of nitrogens with one attached hydrogen (secondary N) is 1. The number of benzene rings is 2. The van der Waals surface area contributed by atoms with Gasteiger partial charge in [0.05, 0.1) is 24.8 Å². The van der Waals surface area contributed by atoms with E-state index >= 15 is 0 Å². The summed E-state index contributed by atoms with van der Waals surface area (Å²) in [7, 11) is 1.27. The van der Waals surface area contributed by atoms with Crippen LogP contribution in [-0.2, 0) is 14.3 Å². The van der Waals surface area contributed by atoms with Crippen molar-refractivity contribution in [2.45, 2.75) is 12.6 Å². The third-order valence-electron chi connectivity index (χ3n) is 5.08. The van der Waals surface area contributed by atoms with E-state index in [1.807, 2.05) is 0 Å². The Labute approximate surface area is 167 Å². The van der Waals surface area contributed by atoms with E-state index in [9.17, 15) is 19.2 Å². The summed E-state index contributed by atoms with van der Waals surface area (Å²) in [6.07, 6.45) is -0.650. The fourth-order valence-corrected chi connectivity index (χ4v) is 3.75. The van der Waals surface area contributed by atoms with Crippen molar-refractivity contribution in [1.82, 2.24) is 10.2 Å². The SMILES string of the molecule is COC(=O)CCNC(=O)CN1C(=O)c2ccccc2N2C(=O)c3ccccc3[C@H]12. The van der Waals surface area contributed by atoms with Crippen molar-refractivity contribution in [1.29, 1.82) is 0 Å². The first-order valence-corrected chi connectivity index (χ1v) is 9.19. The van der Waals surface area contributed by atoms with Crippen molar-refractivity contribution in [2.24, 2.45) is 0 Å². The Kier molecular flexibility index (Phi) is 4.75. The van der Waals surface area contributed by atoms with Gasteiger partial charge in [0, 0.05) is 17.7 Å². The standard InChI is InChI=1S/C21H19N3O5/c1-29-18(26)10-11-22-17(25)12-23-19-13-6-2-3-7-14(13)21(28)24(19)16-9-5-4-8-15(16)20(23)27/h2-9,19H,10-12H2,1H3,(H,22,25)/t19-/m1/s1. The molecule has 2 aliphatic heterocycles. The maximum absolute atomic E-state index is 13.2. The molecule has 0 radical (unpaired) electrons. The summed E-state index contributed by atoms with van der Waals surface area (Å²) in [6, 6.07) is 14.0.